The molecule has 0 bridgehead atoms. The number of aryl methyl sites for hydroxylation is 2. The summed E-state index contributed by atoms with van der Waals surface area (Å²) < 4.78 is 78.5. The molecule has 2 rings (SSSR count). The second-order valence-corrected chi connectivity index (χ2v) is 5.65. The van der Waals surface area contributed by atoms with Gasteiger partial charge in [-0.3, -0.25) is 9.48 Å². The smallest absolute Gasteiger partial charge is 0.416 e. The Bertz CT molecular complexity index is 913. The van der Waals surface area contributed by atoms with Gasteiger partial charge in [-0.05, 0) is 25.1 Å². The SMILES string of the molecule is Cc1nn(C)c(CC(=O)O)c1C#Cc1cc(C(F)(F)F)cc(C(F)(F)F)c1. The number of carboxylic acid groups (broad SMARTS) is 1. The van der Waals surface area contributed by atoms with E-state index in [0.717, 1.165) is 0 Å². The number of hydrogen-bond acceptors (Lipinski definition) is 2. The second kappa shape index (κ2) is 6.98. The Morgan fingerprint density at radius 1 is 1.07 bits per heavy atom. The van der Waals surface area contributed by atoms with E-state index in [2.05, 4.69) is 16.9 Å². The van der Waals surface area contributed by atoms with E-state index < -0.39 is 41.4 Å². The molecule has 10 heteroatoms. The molecule has 27 heavy (non-hydrogen) atoms. The van der Waals surface area contributed by atoms with Crippen molar-refractivity contribution in [1.29, 1.82) is 0 Å². The predicted octanol–water partition coefficient (Wildman–Crippen LogP) is 3.79. The van der Waals surface area contributed by atoms with E-state index in [4.69, 9.17) is 5.11 Å². The van der Waals surface area contributed by atoms with Crippen LogP contribution in [0, 0.1) is 18.8 Å². The minimum Gasteiger partial charge on any atom is -0.481 e. The fourth-order valence-corrected chi connectivity index (χ4v) is 2.38. The van der Waals surface area contributed by atoms with E-state index in [-0.39, 0.29) is 17.3 Å². The number of hydrogen-bond donors (Lipinski definition) is 1. The van der Waals surface area contributed by atoms with Crippen molar-refractivity contribution >= 4 is 5.97 Å². The molecule has 1 N–H and O–H groups in total. The van der Waals surface area contributed by atoms with E-state index in [1.807, 2.05) is 0 Å². The normalized spacial score (nSPS) is 11.9. The molecule has 0 aliphatic carbocycles. The van der Waals surface area contributed by atoms with Gasteiger partial charge in [-0.2, -0.15) is 31.4 Å². The molecule has 0 amide bonds. The van der Waals surface area contributed by atoms with Gasteiger partial charge in [-0.15, -0.1) is 0 Å². The van der Waals surface area contributed by atoms with E-state index in [1.165, 1.54) is 18.7 Å². The number of alkyl halides is 6. The number of aliphatic carboxylic acids is 1. The number of nitrogens with zero attached hydrogens (tertiary/aromatic N) is 2. The number of halogens is 6. The maximum absolute atomic E-state index is 12.9. The topological polar surface area (TPSA) is 55.1 Å². The van der Waals surface area contributed by atoms with E-state index in [0.29, 0.717) is 17.8 Å². The highest BCUT2D eigenvalue weighted by atomic mass is 19.4. The number of carbonyl (C=O) groups is 1. The third-order valence-corrected chi connectivity index (χ3v) is 3.58. The van der Waals surface area contributed by atoms with Crippen LogP contribution < -0.4 is 0 Å². The first kappa shape index (κ1) is 20.4. The van der Waals surface area contributed by atoms with Crippen LogP contribution in [0.3, 0.4) is 0 Å². The van der Waals surface area contributed by atoms with Crippen molar-refractivity contribution < 1.29 is 36.2 Å². The van der Waals surface area contributed by atoms with Gasteiger partial charge < -0.3 is 5.11 Å². The van der Waals surface area contributed by atoms with Crippen LogP contribution in [-0.2, 0) is 30.6 Å². The molecule has 1 heterocycles. The van der Waals surface area contributed by atoms with Gasteiger partial charge in [0, 0.05) is 12.6 Å². The van der Waals surface area contributed by atoms with Crippen LogP contribution in [0.2, 0.25) is 0 Å². The molecule has 1 aromatic carbocycles. The van der Waals surface area contributed by atoms with Crippen LogP contribution in [0.4, 0.5) is 26.3 Å². The number of rotatable bonds is 2. The first-order chi connectivity index (χ1) is 12.3. The molecule has 0 spiro atoms. The van der Waals surface area contributed by atoms with Crippen molar-refractivity contribution in [3.05, 3.63) is 51.8 Å². The molecule has 0 radical (unpaired) electrons. The molecular weight excluding hydrogens is 378 g/mol. The van der Waals surface area contributed by atoms with Crippen LogP contribution in [0.5, 0.6) is 0 Å². The summed E-state index contributed by atoms with van der Waals surface area (Å²) in [7, 11) is 1.46. The molecule has 144 valence electrons. The summed E-state index contributed by atoms with van der Waals surface area (Å²) in [6.45, 7) is 1.50. The maximum atomic E-state index is 12.9. The maximum Gasteiger partial charge on any atom is 0.416 e. The van der Waals surface area contributed by atoms with Crippen LogP contribution in [0.15, 0.2) is 18.2 Å². The Balaban J connectivity index is 2.59. The van der Waals surface area contributed by atoms with Crippen LogP contribution in [0.25, 0.3) is 0 Å². The molecule has 0 saturated heterocycles. The molecule has 0 atom stereocenters. The Hall–Kier alpha value is -2.96. The second-order valence-electron chi connectivity index (χ2n) is 5.65. The van der Waals surface area contributed by atoms with Crippen molar-refractivity contribution in [1.82, 2.24) is 9.78 Å². The largest absolute Gasteiger partial charge is 0.481 e. The average Bonchev–Trinajstić information content (AvgIpc) is 2.76. The summed E-state index contributed by atoms with van der Waals surface area (Å²) in [6, 6.07) is 1.02. The van der Waals surface area contributed by atoms with Gasteiger partial charge in [0.1, 0.15) is 0 Å². The molecule has 0 aliphatic rings. The van der Waals surface area contributed by atoms with Gasteiger partial charge in [-0.1, -0.05) is 11.8 Å². The summed E-state index contributed by atoms with van der Waals surface area (Å²) in [6.07, 6.45) is -10.4. The first-order valence-corrected chi connectivity index (χ1v) is 7.35. The van der Waals surface area contributed by atoms with Crippen molar-refractivity contribution in [3.63, 3.8) is 0 Å². The highest BCUT2D eigenvalue weighted by Gasteiger charge is 2.36. The van der Waals surface area contributed by atoms with Crippen molar-refractivity contribution in [2.45, 2.75) is 25.7 Å². The van der Waals surface area contributed by atoms with Crippen LogP contribution >= 0.6 is 0 Å². The van der Waals surface area contributed by atoms with Crippen molar-refractivity contribution in [2.24, 2.45) is 7.05 Å². The Morgan fingerprint density at radius 2 is 1.59 bits per heavy atom. The van der Waals surface area contributed by atoms with E-state index >= 15 is 0 Å². The van der Waals surface area contributed by atoms with Gasteiger partial charge in [0.15, 0.2) is 0 Å². The lowest BCUT2D eigenvalue weighted by Gasteiger charge is -2.12. The molecule has 0 fully saturated rings. The van der Waals surface area contributed by atoms with Gasteiger partial charge in [0.05, 0.1) is 34.5 Å². The van der Waals surface area contributed by atoms with E-state index in [9.17, 15) is 31.1 Å². The highest BCUT2D eigenvalue weighted by Crippen LogP contribution is 2.36. The molecule has 0 unspecified atom stereocenters. The summed E-state index contributed by atoms with van der Waals surface area (Å²) in [5.41, 5.74) is -2.81. The van der Waals surface area contributed by atoms with Gasteiger partial charge in [0.25, 0.3) is 0 Å². The summed E-state index contributed by atoms with van der Waals surface area (Å²) in [5, 5.41) is 12.9. The Morgan fingerprint density at radius 3 is 2.04 bits per heavy atom. The fourth-order valence-electron chi connectivity index (χ4n) is 2.38. The zero-order valence-corrected chi connectivity index (χ0v) is 14.0. The quantitative estimate of drug-likeness (QED) is 0.627. The lowest BCUT2D eigenvalue weighted by molar-refractivity contribution is -0.143. The minimum atomic E-state index is -4.98. The average molecular weight is 390 g/mol. The lowest BCUT2D eigenvalue weighted by Crippen LogP contribution is -2.11. The number of aromatic nitrogens is 2. The summed E-state index contributed by atoms with van der Waals surface area (Å²) >= 11 is 0. The third kappa shape index (κ3) is 4.81. The van der Waals surface area contributed by atoms with Gasteiger partial charge in [0.2, 0.25) is 0 Å². The molecule has 0 aliphatic heterocycles. The van der Waals surface area contributed by atoms with Crippen molar-refractivity contribution in [3.8, 4) is 11.8 Å². The molecular formula is C17H12F6N2O2. The monoisotopic (exact) mass is 390 g/mol. The fraction of sp³-hybridized carbons (Fsp3) is 0.294. The van der Waals surface area contributed by atoms with Gasteiger partial charge >= 0.3 is 18.3 Å². The third-order valence-electron chi connectivity index (χ3n) is 3.58. The Kier molecular flexibility index (Phi) is 5.26. The zero-order valence-electron chi connectivity index (χ0n) is 14.0. The highest BCUT2D eigenvalue weighted by molar-refractivity contribution is 5.71. The zero-order chi connectivity index (χ0) is 20.6. The Labute approximate surface area is 149 Å². The standard InChI is InChI=1S/C17H12F6N2O2/c1-9-13(14(8-15(26)27)25(2)24-9)4-3-10-5-11(16(18,19)20)7-12(6-10)17(21,22)23/h5-7H,8H2,1-2H3,(H,26,27). The summed E-state index contributed by atoms with van der Waals surface area (Å²) in [4.78, 5) is 10.9. The van der Waals surface area contributed by atoms with E-state index in [1.54, 1.807) is 0 Å². The predicted molar refractivity (Wildman–Crippen MR) is 81.7 cm³/mol. The molecule has 1 aromatic heterocycles. The van der Waals surface area contributed by atoms with Crippen LogP contribution in [0.1, 0.15) is 33.6 Å². The molecule has 0 saturated carbocycles. The molecule has 2 aromatic rings. The number of carboxylic acids is 1. The van der Waals surface area contributed by atoms with Gasteiger partial charge in [-0.25, -0.2) is 0 Å². The summed E-state index contributed by atoms with van der Waals surface area (Å²) in [5.74, 6) is 3.53. The van der Waals surface area contributed by atoms with Crippen LogP contribution in [-0.4, -0.2) is 20.9 Å². The first-order valence-electron chi connectivity index (χ1n) is 7.35. The van der Waals surface area contributed by atoms with Crippen molar-refractivity contribution in [2.75, 3.05) is 0 Å². The molecule has 4 nitrogen and oxygen atoms in total. The number of benzene rings is 1. The minimum absolute atomic E-state index is 0.0103. The lowest BCUT2D eigenvalue weighted by atomic mass is 10.0.